The van der Waals surface area contributed by atoms with Crippen LogP contribution < -0.4 is 10.7 Å². The van der Waals surface area contributed by atoms with Crippen molar-refractivity contribution >= 4 is 15.2 Å². The fraction of sp³-hybridized carbons (Fsp3) is 0.875. The summed E-state index contributed by atoms with van der Waals surface area (Å²) in [5, 5.41) is 0. The molecular weight excluding hydrogens is 216 g/mol. The molecule has 7 heteroatoms. The van der Waals surface area contributed by atoms with E-state index < -0.39 is 21.2 Å². The van der Waals surface area contributed by atoms with E-state index in [1.807, 2.05) is 6.92 Å². The first-order valence-corrected chi connectivity index (χ1v) is 6.68. The Bertz CT molecular complexity index is 199. The van der Waals surface area contributed by atoms with Crippen molar-refractivity contribution in [1.29, 1.82) is 0 Å². The van der Waals surface area contributed by atoms with E-state index in [0.29, 0.717) is 0 Å². The second-order valence-corrected chi connectivity index (χ2v) is 5.25. The van der Waals surface area contributed by atoms with Crippen LogP contribution in [0.25, 0.3) is 0 Å². The lowest BCUT2D eigenvalue weighted by molar-refractivity contribution is -0.313. The molecule has 0 aliphatic carbocycles. The number of carbonyl (C=O) groups is 1. The Morgan fingerprint density at radius 1 is 1.47 bits per heavy atom. The highest BCUT2D eigenvalue weighted by Crippen LogP contribution is 2.14. The Hall–Kier alpha value is -0.633. The molecule has 0 rings (SSSR count). The van der Waals surface area contributed by atoms with Gasteiger partial charge in [0, 0.05) is 21.1 Å². The molecule has 0 fully saturated rings. The number of amides is 2. The van der Waals surface area contributed by atoms with E-state index in [2.05, 4.69) is 4.98 Å². The van der Waals surface area contributed by atoms with Gasteiger partial charge in [0.1, 0.15) is 0 Å². The SMILES string of the molecule is CCC[SiH](NC(N)=O)OC(C)(OC)OC. The Kier molecular flexibility index (Phi) is 6.49. The predicted octanol–water partition coefficient (Wildman–Crippen LogP) is 0.268. The molecule has 0 spiro atoms. The van der Waals surface area contributed by atoms with Crippen molar-refractivity contribution in [2.75, 3.05) is 14.2 Å². The minimum atomic E-state index is -1.93. The van der Waals surface area contributed by atoms with Crippen molar-refractivity contribution < 1.29 is 18.7 Å². The first-order valence-electron chi connectivity index (χ1n) is 4.81. The molecule has 1 unspecified atom stereocenters. The van der Waals surface area contributed by atoms with Crippen LogP contribution in [0.5, 0.6) is 0 Å². The number of carbonyl (C=O) groups excluding carboxylic acids is 1. The van der Waals surface area contributed by atoms with Crippen molar-refractivity contribution in [1.82, 2.24) is 4.98 Å². The summed E-state index contributed by atoms with van der Waals surface area (Å²) < 4.78 is 15.7. The molecule has 15 heavy (non-hydrogen) atoms. The molecule has 0 saturated heterocycles. The first-order chi connectivity index (χ1) is 6.97. The summed E-state index contributed by atoms with van der Waals surface area (Å²) in [5.74, 6) is -1.12. The van der Waals surface area contributed by atoms with Crippen LogP contribution >= 0.6 is 0 Å². The minimum Gasteiger partial charge on any atom is -0.352 e. The molecule has 90 valence electrons. The molecule has 0 aliphatic heterocycles. The van der Waals surface area contributed by atoms with Gasteiger partial charge in [0.15, 0.2) is 0 Å². The summed E-state index contributed by atoms with van der Waals surface area (Å²) in [5.41, 5.74) is 5.05. The molecule has 0 saturated carbocycles. The number of methoxy groups -OCH3 is 2. The Balaban J connectivity index is 4.30. The number of urea groups is 1. The maximum atomic E-state index is 10.7. The van der Waals surface area contributed by atoms with Crippen molar-refractivity contribution in [3.05, 3.63) is 0 Å². The lowest BCUT2D eigenvalue weighted by atomic mass is 10.6. The van der Waals surface area contributed by atoms with Crippen LogP contribution in [0.2, 0.25) is 6.04 Å². The highest BCUT2D eigenvalue weighted by atomic mass is 28.3. The van der Waals surface area contributed by atoms with Crippen LogP contribution in [0.3, 0.4) is 0 Å². The van der Waals surface area contributed by atoms with Gasteiger partial charge in [-0.1, -0.05) is 13.3 Å². The zero-order valence-corrected chi connectivity index (χ0v) is 10.9. The molecular formula is C8H20N2O4Si. The zero-order chi connectivity index (χ0) is 11.9. The second-order valence-electron chi connectivity index (χ2n) is 3.17. The number of nitrogens with one attached hydrogen (secondary N) is 1. The number of rotatable bonds is 7. The van der Waals surface area contributed by atoms with E-state index in [-0.39, 0.29) is 0 Å². The standard InChI is InChI=1S/C8H20N2O4Si/c1-5-6-15(10-7(9)11)14-8(2,12-3)13-4/h15H,5-6H2,1-4H3,(H3,9,10,11). The fourth-order valence-corrected chi connectivity index (χ4v) is 2.89. The minimum absolute atomic E-state index is 0.574. The summed E-state index contributed by atoms with van der Waals surface area (Å²) in [4.78, 5) is 13.3. The highest BCUT2D eigenvalue weighted by molar-refractivity contribution is 6.52. The van der Waals surface area contributed by atoms with E-state index in [9.17, 15) is 4.79 Å². The van der Waals surface area contributed by atoms with Crippen LogP contribution in [0.15, 0.2) is 0 Å². The molecule has 1 atom stereocenters. The molecule has 6 nitrogen and oxygen atoms in total. The quantitative estimate of drug-likeness (QED) is 0.491. The van der Waals surface area contributed by atoms with Gasteiger partial charge in [0.05, 0.1) is 0 Å². The third-order valence-corrected chi connectivity index (χ3v) is 4.37. The summed E-state index contributed by atoms with van der Waals surface area (Å²) in [6, 6.07) is 0.195. The molecule has 0 bridgehead atoms. The van der Waals surface area contributed by atoms with E-state index in [1.54, 1.807) is 6.92 Å². The number of nitrogens with two attached hydrogens (primary N) is 1. The van der Waals surface area contributed by atoms with Gasteiger partial charge in [-0.3, -0.25) is 0 Å². The topological polar surface area (TPSA) is 82.8 Å². The van der Waals surface area contributed by atoms with Gasteiger partial charge < -0.3 is 24.6 Å². The third kappa shape index (κ3) is 5.73. The van der Waals surface area contributed by atoms with Gasteiger partial charge in [0.2, 0.25) is 0 Å². The summed E-state index contributed by atoms with van der Waals surface area (Å²) in [6.07, 6.45) is 0.903. The maximum absolute atomic E-state index is 10.7. The lowest BCUT2D eigenvalue weighted by Gasteiger charge is -2.30. The van der Waals surface area contributed by atoms with Crippen LogP contribution in [0, 0.1) is 0 Å². The van der Waals surface area contributed by atoms with Crippen molar-refractivity contribution in [3.8, 4) is 0 Å². The Morgan fingerprint density at radius 2 is 2.00 bits per heavy atom. The molecule has 0 aliphatic rings. The molecule has 3 N–H and O–H groups in total. The monoisotopic (exact) mass is 236 g/mol. The lowest BCUT2D eigenvalue weighted by Crippen LogP contribution is -2.50. The van der Waals surface area contributed by atoms with Gasteiger partial charge in [-0.2, -0.15) is 0 Å². The van der Waals surface area contributed by atoms with Gasteiger partial charge in [0.25, 0.3) is 15.2 Å². The van der Waals surface area contributed by atoms with Crippen molar-refractivity contribution in [2.45, 2.75) is 32.3 Å². The number of primary amides is 1. The predicted molar refractivity (Wildman–Crippen MR) is 58.5 cm³/mol. The van der Waals surface area contributed by atoms with E-state index >= 15 is 0 Å². The average Bonchev–Trinajstić information content (AvgIpc) is 2.17. The average molecular weight is 236 g/mol. The zero-order valence-electron chi connectivity index (χ0n) is 9.70. The van der Waals surface area contributed by atoms with Gasteiger partial charge in [-0.05, 0) is 6.04 Å². The summed E-state index contributed by atoms with van der Waals surface area (Å²) in [6.45, 7) is 3.65. The smallest absolute Gasteiger partial charge is 0.305 e. The third-order valence-electron chi connectivity index (χ3n) is 1.95. The van der Waals surface area contributed by atoms with Gasteiger partial charge in [-0.15, -0.1) is 0 Å². The highest BCUT2D eigenvalue weighted by Gasteiger charge is 2.29. The molecule has 0 radical (unpaired) electrons. The molecule has 0 aromatic carbocycles. The number of hydrogen-bond donors (Lipinski definition) is 2. The van der Waals surface area contributed by atoms with Crippen LogP contribution in [-0.4, -0.2) is 35.4 Å². The maximum Gasteiger partial charge on any atom is 0.305 e. The van der Waals surface area contributed by atoms with Crippen LogP contribution in [-0.2, 0) is 13.9 Å². The fourth-order valence-electron chi connectivity index (χ4n) is 1.02. The largest absolute Gasteiger partial charge is 0.352 e. The Morgan fingerprint density at radius 3 is 2.33 bits per heavy atom. The van der Waals surface area contributed by atoms with E-state index in [4.69, 9.17) is 19.6 Å². The second kappa shape index (κ2) is 6.78. The van der Waals surface area contributed by atoms with Crippen molar-refractivity contribution in [3.63, 3.8) is 0 Å². The molecule has 0 aromatic heterocycles. The van der Waals surface area contributed by atoms with Gasteiger partial charge in [-0.25, -0.2) is 4.79 Å². The number of hydrogen-bond acceptors (Lipinski definition) is 4. The number of ether oxygens (including phenoxy) is 2. The van der Waals surface area contributed by atoms with Crippen molar-refractivity contribution in [2.24, 2.45) is 5.73 Å². The Labute approximate surface area is 91.9 Å². The normalized spacial score (nSPS) is 13.6. The summed E-state index contributed by atoms with van der Waals surface area (Å²) in [7, 11) is 1.03. The van der Waals surface area contributed by atoms with Crippen LogP contribution in [0.4, 0.5) is 4.79 Å². The molecule has 2 amide bonds. The first kappa shape index (κ1) is 14.4. The molecule has 0 aromatic rings. The molecule has 0 heterocycles. The van der Waals surface area contributed by atoms with E-state index in [1.165, 1.54) is 14.2 Å². The van der Waals surface area contributed by atoms with E-state index in [0.717, 1.165) is 12.5 Å². The van der Waals surface area contributed by atoms with Crippen LogP contribution in [0.1, 0.15) is 20.3 Å². The van der Waals surface area contributed by atoms with Gasteiger partial charge >= 0.3 is 6.03 Å². The summed E-state index contributed by atoms with van der Waals surface area (Å²) >= 11 is 0.